The zero-order valence-electron chi connectivity index (χ0n) is 18.8. The summed E-state index contributed by atoms with van der Waals surface area (Å²) in [4.78, 5) is 13.0. The second kappa shape index (κ2) is 10.7. The molecule has 11 heteroatoms. The molecule has 3 rings (SSSR count). The Balaban J connectivity index is 1.72. The highest BCUT2D eigenvalue weighted by molar-refractivity contribution is 8.00. The van der Waals surface area contributed by atoms with Gasteiger partial charge in [-0.2, -0.15) is 0 Å². The van der Waals surface area contributed by atoms with Crippen LogP contribution in [0, 0.1) is 0 Å². The molecular weight excluding hydrogens is 464 g/mol. The first-order valence-electron chi connectivity index (χ1n) is 10.2. The van der Waals surface area contributed by atoms with E-state index < -0.39 is 15.1 Å². The average molecular weight is 491 g/mol. The lowest BCUT2D eigenvalue weighted by Crippen LogP contribution is -2.23. The molecule has 0 saturated heterocycles. The molecule has 0 aliphatic carbocycles. The zero-order chi connectivity index (χ0) is 24.0. The molecule has 0 aliphatic heterocycles. The smallest absolute Gasteiger partial charge is 0.237 e. The number of carbonyl (C=O) groups is 1. The van der Waals surface area contributed by atoms with Crippen LogP contribution in [0.4, 0.5) is 5.69 Å². The van der Waals surface area contributed by atoms with E-state index in [1.54, 1.807) is 60.0 Å². The molecule has 1 amide bonds. The molecule has 3 aromatic rings. The predicted molar refractivity (Wildman–Crippen MR) is 127 cm³/mol. The molecule has 1 N–H and O–H groups in total. The van der Waals surface area contributed by atoms with E-state index in [9.17, 15) is 13.2 Å². The number of benzene rings is 2. The summed E-state index contributed by atoms with van der Waals surface area (Å²) in [5.74, 6) is 0.884. The van der Waals surface area contributed by atoms with Crippen LogP contribution in [0.2, 0.25) is 0 Å². The van der Waals surface area contributed by atoms with Gasteiger partial charge < -0.3 is 19.4 Å². The van der Waals surface area contributed by atoms with Gasteiger partial charge in [0.15, 0.2) is 26.5 Å². The standard InChI is InChI=1S/C22H26N4O5S2/c1-5-26-20(14-33(28,29)17-9-7-6-8-10-17)24-25-22(26)32-15(2)21(27)23-16-11-12-18(30-3)19(13-16)31-4/h6-13,15H,5,14H2,1-4H3,(H,23,27). The number of hydrogen-bond donors (Lipinski definition) is 1. The van der Waals surface area contributed by atoms with Crippen LogP contribution >= 0.6 is 11.8 Å². The van der Waals surface area contributed by atoms with Crippen LogP contribution in [0.15, 0.2) is 58.6 Å². The first-order chi connectivity index (χ1) is 15.8. The van der Waals surface area contributed by atoms with Crippen molar-refractivity contribution in [3.05, 3.63) is 54.4 Å². The number of rotatable bonds is 10. The monoisotopic (exact) mass is 490 g/mol. The number of nitrogens with one attached hydrogen (secondary N) is 1. The third-order valence-electron chi connectivity index (χ3n) is 4.83. The van der Waals surface area contributed by atoms with Gasteiger partial charge in [-0.3, -0.25) is 4.79 Å². The predicted octanol–water partition coefficient (Wildman–Crippen LogP) is 3.41. The molecule has 1 heterocycles. The van der Waals surface area contributed by atoms with Crippen molar-refractivity contribution in [2.24, 2.45) is 0 Å². The van der Waals surface area contributed by atoms with Crippen molar-refractivity contribution in [3.63, 3.8) is 0 Å². The minimum Gasteiger partial charge on any atom is -0.493 e. The number of methoxy groups -OCH3 is 2. The van der Waals surface area contributed by atoms with E-state index in [1.807, 2.05) is 6.92 Å². The van der Waals surface area contributed by atoms with Crippen molar-refractivity contribution in [2.45, 2.75) is 41.4 Å². The normalized spacial score (nSPS) is 12.2. The van der Waals surface area contributed by atoms with Crippen LogP contribution in [0.3, 0.4) is 0 Å². The summed E-state index contributed by atoms with van der Waals surface area (Å²) in [6, 6.07) is 13.3. The van der Waals surface area contributed by atoms with Gasteiger partial charge in [-0.05, 0) is 38.1 Å². The highest BCUT2D eigenvalue weighted by Gasteiger charge is 2.24. The third kappa shape index (κ3) is 5.85. The molecule has 1 unspecified atom stereocenters. The fraction of sp³-hybridized carbons (Fsp3) is 0.318. The number of nitrogens with zero attached hydrogens (tertiary/aromatic N) is 3. The number of carbonyl (C=O) groups excluding carboxylic acids is 1. The second-order valence-electron chi connectivity index (χ2n) is 7.03. The fourth-order valence-corrected chi connectivity index (χ4v) is 5.31. The highest BCUT2D eigenvalue weighted by atomic mass is 32.2. The van der Waals surface area contributed by atoms with Crippen molar-refractivity contribution < 1.29 is 22.7 Å². The Morgan fingerprint density at radius 3 is 2.42 bits per heavy atom. The van der Waals surface area contributed by atoms with Crippen LogP contribution in [-0.2, 0) is 26.9 Å². The number of hydrogen-bond acceptors (Lipinski definition) is 8. The molecule has 0 spiro atoms. The van der Waals surface area contributed by atoms with E-state index in [1.165, 1.54) is 26.0 Å². The minimum absolute atomic E-state index is 0.229. The number of amides is 1. The molecule has 1 aromatic heterocycles. The van der Waals surface area contributed by atoms with Gasteiger partial charge in [-0.15, -0.1) is 10.2 Å². The molecule has 0 radical (unpaired) electrons. The molecule has 0 bridgehead atoms. The molecule has 33 heavy (non-hydrogen) atoms. The summed E-state index contributed by atoms with van der Waals surface area (Å²) < 4.78 is 37.7. The number of ether oxygens (including phenoxy) is 2. The maximum Gasteiger partial charge on any atom is 0.237 e. The molecule has 9 nitrogen and oxygen atoms in total. The maximum atomic E-state index is 12.7. The van der Waals surface area contributed by atoms with Crippen LogP contribution in [-0.4, -0.2) is 48.6 Å². The van der Waals surface area contributed by atoms with Crippen molar-refractivity contribution in [3.8, 4) is 11.5 Å². The van der Waals surface area contributed by atoms with Gasteiger partial charge in [0.05, 0.1) is 24.4 Å². The van der Waals surface area contributed by atoms with Gasteiger partial charge in [0.2, 0.25) is 5.91 Å². The van der Waals surface area contributed by atoms with Crippen LogP contribution in [0.1, 0.15) is 19.7 Å². The Labute approximate surface area is 197 Å². The summed E-state index contributed by atoms with van der Waals surface area (Å²) in [6.07, 6.45) is 0. The Bertz CT molecular complexity index is 1210. The third-order valence-corrected chi connectivity index (χ3v) is 7.54. The molecular formula is C22H26N4O5S2. The van der Waals surface area contributed by atoms with Gasteiger partial charge >= 0.3 is 0 Å². The first-order valence-corrected chi connectivity index (χ1v) is 12.7. The Morgan fingerprint density at radius 1 is 1.09 bits per heavy atom. The van der Waals surface area contributed by atoms with Gasteiger partial charge in [0, 0.05) is 18.3 Å². The van der Waals surface area contributed by atoms with Crippen LogP contribution < -0.4 is 14.8 Å². The maximum absolute atomic E-state index is 12.7. The fourth-order valence-electron chi connectivity index (χ4n) is 3.08. The lowest BCUT2D eigenvalue weighted by atomic mass is 10.2. The van der Waals surface area contributed by atoms with Crippen molar-refractivity contribution in [1.82, 2.24) is 14.8 Å². The molecule has 1 atom stereocenters. The van der Waals surface area contributed by atoms with E-state index in [4.69, 9.17) is 9.47 Å². The van der Waals surface area contributed by atoms with Crippen LogP contribution in [0.25, 0.3) is 0 Å². The summed E-state index contributed by atoms with van der Waals surface area (Å²) in [5, 5.41) is 11.0. The molecule has 0 saturated carbocycles. The Hall–Kier alpha value is -3.05. The van der Waals surface area contributed by atoms with Gasteiger partial charge in [0.25, 0.3) is 0 Å². The lowest BCUT2D eigenvalue weighted by molar-refractivity contribution is -0.115. The number of anilines is 1. The quantitative estimate of drug-likeness (QED) is 0.430. The molecule has 0 aliphatic rings. The molecule has 2 aromatic carbocycles. The number of thioether (sulfide) groups is 1. The van der Waals surface area contributed by atoms with E-state index in [0.29, 0.717) is 34.7 Å². The second-order valence-corrected chi connectivity index (χ2v) is 10.3. The summed E-state index contributed by atoms with van der Waals surface area (Å²) in [6.45, 7) is 4.09. The van der Waals surface area contributed by atoms with E-state index in [-0.39, 0.29) is 16.6 Å². The topological polar surface area (TPSA) is 112 Å². The highest BCUT2D eigenvalue weighted by Crippen LogP contribution is 2.30. The number of sulfone groups is 1. The lowest BCUT2D eigenvalue weighted by Gasteiger charge is -2.14. The van der Waals surface area contributed by atoms with Gasteiger partial charge in [0.1, 0.15) is 11.6 Å². The zero-order valence-corrected chi connectivity index (χ0v) is 20.4. The van der Waals surface area contributed by atoms with Crippen molar-refractivity contribution in [2.75, 3.05) is 19.5 Å². The average Bonchev–Trinajstić information content (AvgIpc) is 3.19. The summed E-state index contributed by atoms with van der Waals surface area (Å²) >= 11 is 1.21. The SMILES string of the molecule is CCn1c(CS(=O)(=O)c2ccccc2)nnc1SC(C)C(=O)Nc1ccc(OC)c(OC)c1. The Morgan fingerprint density at radius 2 is 1.79 bits per heavy atom. The summed E-state index contributed by atoms with van der Waals surface area (Å²) in [7, 11) is -0.502. The number of aromatic nitrogens is 3. The summed E-state index contributed by atoms with van der Waals surface area (Å²) in [5.41, 5.74) is 0.566. The van der Waals surface area contributed by atoms with Crippen molar-refractivity contribution in [1.29, 1.82) is 0 Å². The van der Waals surface area contributed by atoms with E-state index in [0.717, 1.165) is 0 Å². The van der Waals surface area contributed by atoms with E-state index in [2.05, 4.69) is 15.5 Å². The molecule has 176 valence electrons. The van der Waals surface area contributed by atoms with Crippen molar-refractivity contribution >= 4 is 33.2 Å². The van der Waals surface area contributed by atoms with Gasteiger partial charge in [-0.1, -0.05) is 30.0 Å². The van der Waals surface area contributed by atoms with Crippen LogP contribution in [0.5, 0.6) is 11.5 Å². The molecule has 0 fully saturated rings. The Kier molecular flexibility index (Phi) is 7.98. The first kappa shape index (κ1) is 24.6. The van der Waals surface area contributed by atoms with Gasteiger partial charge in [-0.25, -0.2) is 8.42 Å². The minimum atomic E-state index is -3.56. The largest absolute Gasteiger partial charge is 0.493 e. The van der Waals surface area contributed by atoms with E-state index >= 15 is 0 Å².